The summed E-state index contributed by atoms with van der Waals surface area (Å²) >= 11 is 0. The van der Waals surface area contributed by atoms with Crippen molar-refractivity contribution in [3.8, 4) is 0 Å². The van der Waals surface area contributed by atoms with E-state index in [0.29, 0.717) is 13.0 Å². The van der Waals surface area contributed by atoms with E-state index < -0.39 is 35.8 Å². The van der Waals surface area contributed by atoms with Gasteiger partial charge in [-0.1, -0.05) is 6.92 Å². The highest BCUT2D eigenvalue weighted by Gasteiger charge is 2.50. The Morgan fingerprint density at radius 1 is 1.44 bits per heavy atom. The number of hydrogen-bond donors (Lipinski definition) is 1. The van der Waals surface area contributed by atoms with Crippen LogP contribution in [0.25, 0.3) is 0 Å². The molecule has 5 nitrogen and oxygen atoms in total. The minimum absolute atomic E-state index is 0.308. The van der Waals surface area contributed by atoms with Gasteiger partial charge in [0.15, 0.2) is 0 Å². The van der Waals surface area contributed by atoms with Gasteiger partial charge < -0.3 is 14.7 Å². The number of ether oxygens (including phenoxy) is 1. The van der Waals surface area contributed by atoms with Gasteiger partial charge in [-0.2, -0.15) is 0 Å². The zero-order valence-corrected chi connectivity index (χ0v) is 11.2. The molecule has 2 unspecified atom stereocenters. The molecule has 1 saturated heterocycles. The van der Waals surface area contributed by atoms with Gasteiger partial charge in [0.1, 0.15) is 5.60 Å². The fourth-order valence-electron chi connectivity index (χ4n) is 1.85. The zero-order chi connectivity index (χ0) is 14.1. The van der Waals surface area contributed by atoms with Gasteiger partial charge in [0.25, 0.3) is 0 Å². The molecule has 1 rings (SSSR count). The van der Waals surface area contributed by atoms with Crippen LogP contribution < -0.4 is 0 Å². The second kappa shape index (κ2) is 4.74. The lowest BCUT2D eigenvalue weighted by Crippen LogP contribution is -2.57. The summed E-state index contributed by atoms with van der Waals surface area (Å²) in [5.74, 6) is -2.14. The number of likely N-dealkylation sites (tertiary alicyclic amines) is 1. The highest BCUT2D eigenvalue weighted by molar-refractivity contribution is 5.79. The molecule has 0 saturated carbocycles. The largest absolute Gasteiger partial charge is 0.479 e. The monoisotopic (exact) mass is 261 g/mol. The number of halogens is 1. The molecule has 18 heavy (non-hydrogen) atoms. The standard InChI is InChI=1S/C12H20FNO4/c1-8-5-6-14(7-12(8,13)9(15)16)10(17)18-11(2,3)4/h8H,5-7H2,1-4H3,(H,15,16). The van der Waals surface area contributed by atoms with Crippen LogP contribution in [0.3, 0.4) is 0 Å². The molecule has 104 valence electrons. The molecule has 6 heteroatoms. The maximum atomic E-state index is 14.3. The summed E-state index contributed by atoms with van der Waals surface area (Å²) in [5.41, 5.74) is -3.07. The number of carboxylic acids is 1. The predicted octanol–water partition coefficient (Wildman–Crippen LogP) is 2.06. The van der Waals surface area contributed by atoms with Crippen molar-refractivity contribution in [2.24, 2.45) is 5.92 Å². The summed E-state index contributed by atoms with van der Waals surface area (Å²) in [6, 6.07) is 0. The smallest absolute Gasteiger partial charge is 0.410 e. The Morgan fingerprint density at radius 2 is 2.00 bits per heavy atom. The first-order valence-electron chi connectivity index (χ1n) is 5.96. The van der Waals surface area contributed by atoms with Crippen molar-refractivity contribution in [2.75, 3.05) is 13.1 Å². The lowest BCUT2D eigenvalue weighted by atomic mass is 9.84. The highest BCUT2D eigenvalue weighted by Crippen LogP contribution is 2.32. The Morgan fingerprint density at radius 3 is 2.44 bits per heavy atom. The third kappa shape index (κ3) is 3.11. The molecule has 1 amide bonds. The van der Waals surface area contributed by atoms with Crippen molar-refractivity contribution in [1.29, 1.82) is 0 Å². The Kier molecular flexibility index (Phi) is 3.88. The van der Waals surface area contributed by atoms with Crippen LogP contribution in [-0.2, 0) is 9.53 Å². The van der Waals surface area contributed by atoms with E-state index in [1.165, 1.54) is 0 Å². The molecule has 0 aromatic rings. The van der Waals surface area contributed by atoms with E-state index in [1.54, 1.807) is 27.7 Å². The maximum absolute atomic E-state index is 14.3. The van der Waals surface area contributed by atoms with Gasteiger partial charge in [-0.05, 0) is 27.2 Å². The van der Waals surface area contributed by atoms with Gasteiger partial charge in [-0.15, -0.1) is 0 Å². The molecule has 0 aromatic carbocycles. The summed E-state index contributed by atoms with van der Waals surface area (Å²) in [4.78, 5) is 23.9. The number of amides is 1. The summed E-state index contributed by atoms with van der Waals surface area (Å²) in [6.45, 7) is 6.51. The highest BCUT2D eigenvalue weighted by atomic mass is 19.1. The van der Waals surface area contributed by atoms with Gasteiger partial charge in [0, 0.05) is 12.5 Å². The molecular weight excluding hydrogens is 241 g/mol. The average molecular weight is 261 g/mol. The van der Waals surface area contributed by atoms with Gasteiger partial charge in [0.05, 0.1) is 6.54 Å². The number of piperidine rings is 1. The van der Waals surface area contributed by atoms with Crippen LogP contribution in [0.15, 0.2) is 0 Å². The molecular formula is C12H20FNO4. The number of aliphatic carboxylic acids is 1. The van der Waals surface area contributed by atoms with Crippen LogP contribution in [0.4, 0.5) is 9.18 Å². The van der Waals surface area contributed by atoms with Gasteiger partial charge >= 0.3 is 12.1 Å². The Hall–Kier alpha value is -1.33. The van der Waals surface area contributed by atoms with E-state index >= 15 is 0 Å². The van der Waals surface area contributed by atoms with E-state index in [2.05, 4.69) is 0 Å². The van der Waals surface area contributed by atoms with Crippen molar-refractivity contribution in [3.05, 3.63) is 0 Å². The summed E-state index contributed by atoms with van der Waals surface area (Å²) in [7, 11) is 0. The molecule has 2 atom stereocenters. The van der Waals surface area contributed by atoms with Gasteiger partial charge in [0.2, 0.25) is 5.67 Å². The quantitative estimate of drug-likeness (QED) is 0.784. The van der Waals surface area contributed by atoms with Crippen LogP contribution >= 0.6 is 0 Å². The first-order valence-corrected chi connectivity index (χ1v) is 5.96. The molecule has 0 spiro atoms. The minimum atomic E-state index is -2.39. The topological polar surface area (TPSA) is 66.8 Å². The normalized spacial score (nSPS) is 28.9. The van der Waals surface area contributed by atoms with Crippen LogP contribution in [0.2, 0.25) is 0 Å². The zero-order valence-electron chi connectivity index (χ0n) is 11.2. The number of alkyl halides is 1. The van der Waals surface area contributed by atoms with Crippen molar-refractivity contribution >= 4 is 12.1 Å². The number of carbonyl (C=O) groups excluding carboxylic acids is 1. The van der Waals surface area contributed by atoms with Crippen molar-refractivity contribution in [1.82, 2.24) is 4.90 Å². The summed E-state index contributed by atoms with van der Waals surface area (Å²) in [5, 5.41) is 8.95. The first-order chi connectivity index (χ1) is 8.06. The molecule has 0 aromatic heterocycles. The van der Waals surface area contributed by atoms with E-state index in [9.17, 15) is 14.0 Å². The molecule has 1 aliphatic rings. The van der Waals surface area contributed by atoms with Gasteiger partial charge in [-0.25, -0.2) is 14.0 Å². The summed E-state index contributed by atoms with van der Waals surface area (Å²) < 4.78 is 19.4. The van der Waals surface area contributed by atoms with E-state index in [1.807, 2.05) is 0 Å². The average Bonchev–Trinajstić information content (AvgIpc) is 2.19. The maximum Gasteiger partial charge on any atom is 0.410 e. The second-order valence-electron chi connectivity index (χ2n) is 5.76. The van der Waals surface area contributed by atoms with Crippen LogP contribution in [-0.4, -0.2) is 46.4 Å². The van der Waals surface area contributed by atoms with Gasteiger partial charge in [-0.3, -0.25) is 0 Å². The van der Waals surface area contributed by atoms with Crippen LogP contribution in [0.5, 0.6) is 0 Å². The summed E-state index contributed by atoms with van der Waals surface area (Å²) in [6.07, 6.45) is -0.361. The van der Waals surface area contributed by atoms with E-state index in [-0.39, 0.29) is 0 Å². The third-order valence-corrected chi connectivity index (χ3v) is 3.04. The lowest BCUT2D eigenvalue weighted by Gasteiger charge is -2.39. The number of hydrogen-bond acceptors (Lipinski definition) is 3. The number of rotatable bonds is 1. The fraction of sp³-hybridized carbons (Fsp3) is 0.833. The molecule has 1 N–H and O–H groups in total. The number of carboxylic acid groups (broad SMARTS) is 1. The molecule has 1 heterocycles. The molecule has 1 fully saturated rings. The molecule has 1 aliphatic heterocycles. The fourth-order valence-corrected chi connectivity index (χ4v) is 1.85. The second-order valence-corrected chi connectivity index (χ2v) is 5.76. The SMILES string of the molecule is CC1CCN(C(=O)OC(C)(C)C)CC1(F)C(=O)O. The Bertz CT molecular complexity index is 352. The lowest BCUT2D eigenvalue weighted by molar-refractivity contribution is -0.159. The van der Waals surface area contributed by atoms with Crippen LogP contribution in [0.1, 0.15) is 34.1 Å². The van der Waals surface area contributed by atoms with E-state index in [0.717, 1.165) is 4.90 Å². The van der Waals surface area contributed by atoms with Crippen molar-refractivity contribution in [2.45, 2.75) is 45.4 Å². The molecule has 0 radical (unpaired) electrons. The molecule has 0 aliphatic carbocycles. The number of nitrogens with zero attached hydrogens (tertiary/aromatic N) is 1. The Labute approximate surface area is 106 Å². The Balaban J connectivity index is 2.77. The first kappa shape index (κ1) is 14.7. The predicted molar refractivity (Wildman–Crippen MR) is 63.1 cm³/mol. The number of carbonyl (C=O) groups is 2. The van der Waals surface area contributed by atoms with Crippen LogP contribution in [0, 0.1) is 5.92 Å². The van der Waals surface area contributed by atoms with E-state index in [4.69, 9.17) is 9.84 Å². The third-order valence-electron chi connectivity index (χ3n) is 3.04. The minimum Gasteiger partial charge on any atom is -0.479 e. The molecule has 0 bridgehead atoms. The van der Waals surface area contributed by atoms with Crippen molar-refractivity contribution in [3.63, 3.8) is 0 Å². The van der Waals surface area contributed by atoms with Crippen molar-refractivity contribution < 1.29 is 23.8 Å².